The fourth-order valence-corrected chi connectivity index (χ4v) is 2.38. The molecule has 0 fully saturated rings. The molecule has 0 bridgehead atoms. The predicted octanol–water partition coefficient (Wildman–Crippen LogP) is 3.64. The number of ether oxygens (including phenoxy) is 2. The zero-order chi connectivity index (χ0) is 21.0. The zero-order valence-corrected chi connectivity index (χ0v) is 15.2. The van der Waals surface area contributed by atoms with E-state index in [1.165, 1.54) is 10.7 Å². The number of halogens is 3. The maximum Gasteiger partial charge on any atom is 0.417 e. The molecule has 2 heterocycles. The number of carboxylic acids is 1. The summed E-state index contributed by atoms with van der Waals surface area (Å²) in [7, 11) is 0. The Morgan fingerprint density at radius 3 is 2.31 bits per heavy atom. The van der Waals surface area contributed by atoms with E-state index in [2.05, 4.69) is 10.1 Å². The van der Waals surface area contributed by atoms with Gasteiger partial charge in [-0.15, -0.1) is 0 Å². The molecular formula is C19H16F3N3O4. The van der Waals surface area contributed by atoms with Crippen LogP contribution in [0.3, 0.4) is 0 Å². The van der Waals surface area contributed by atoms with E-state index in [4.69, 9.17) is 14.6 Å². The fraction of sp³-hybridized carbons (Fsp3) is 0.211. The lowest BCUT2D eigenvalue weighted by molar-refractivity contribution is -0.139. The van der Waals surface area contributed by atoms with Crippen molar-refractivity contribution in [3.8, 4) is 17.3 Å². The van der Waals surface area contributed by atoms with Crippen LogP contribution in [0.1, 0.15) is 16.8 Å². The number of hydrogen-bond donors (Lipinski definition) is 1. The van der Waals surface area contributed by atoms with Crippen molar-refractivity contribution < 1.29 is 32.5 Å². The van der Waals surface area contributed by atoms with E-state index in [1.54, 1.807) is 37.4 Å². The van der Waals surface area contributed by atoms with Crippen LogP contribution in [0.2, 0.25) is 0 Å². The van der Waals surface area contributed by atoms with Gasteiger partial charge in [0.15, 0.2) is 12.4 Å². The molecular weight excluding hydrogens is 391 g/mol. The molecule has 0 amide bonds. The lowest BCUT2D eigenvalue weighted by atomic mass is 10.2. The molecule has 0 aliphatic carbocycles. The van der Waals surface area contributed by atoms with Crippen molar-refractivity contribution in [3.05, 3.63) is 65.6 Å². The van der Waals surface area contributed by atoms with Crippen molar-refractivity contribution in [2.45, 2.75) is 19.7 Å². The lowest BCUT2D eigenvalue weighted by Gasteiger charge is -2.07. The monoisotopic (exact) mass is 407 g/mol. The minimum atomic E-state index is -4.45. The SMILES string of the molecule is Cc1nn(-c2ccc(C(F)(F)F)cn2)cc1COc1ccc(OCC(=O)O)cc1. The number of aryl methyl sites for hydroxylation is 1. The summed E-state index contributed by atoms with van der Waals surface area (Å²) < 4.78 is 50.0. The van der Waals surface area contributed by atoms with Crippen molar-refractivity contribution in [2.24, 2.45) is 0 Å². The second-order valence-electron chi connectivity index (χ2n) is 6.03. The van der Waals surface area contributed by atoms with Crippen molar-refractivity contribution in [1.82, 2.24) is 14.8 Å². The number of rotatable bonds is 7. The topological polar surface area (TPSA) is 86.5 Å². The van der Waals surface area contributed by atoms with Crippen LogP contribution in [0.5, 0.6) is 11.5 Å². The average molecular weight is 407 g/mol. The Hall–Kier alpha value is -3.56. The van der Waals surface area contributed by atoms with Gasteiger partial charge >= 0.3 is 12.1 Å². The van der Waals surface area contributed by atoms with Crippen molar-refractivity contribution in [3.63, 3.8) is 0 Å². The van der Waals surface area contributed by atoms with Crippen LogP contribution < -0.4 is 9.47 Å². The van der Waals surface area contributed by atoms with E-state index >= 15 is 0 Å². The highest BCUT2D eigenvalue weighted by Crippen LogP contribution is 2.28. The van der Waals surface area contributed by atoms with Gasteiger partial charge in [-0.3, -0.25) is 0 Å². The largest absolute Gasteiger partial charge is 0.489 e. The Morgan fingerprint density at radius 1 is 1.10 bits per heavy atom. The predicted molar refractivity (Wildman–Crippen MR) is 95.0 cm³/mol. The molecule has 0 radical (unpaired) electrons. The van der Waals surface area contributed by atoms with Gasteiger partial charge < -0.3 is 14.6 Å². The highest BCUT2D eigenvalue weighted by Gasteiger charge is 2.30. The molecule has 2 aromatic heterocycles. The highest BCUT2D eigenvalue weighted by molar-refractivity contribution is 5.68. The van der Waals surface area contributed by atoms with Crippen LogP contribution in [-0.2, 0) is 17.6 Å². The number of alkyl halides is 3. The second kappa shape index (κ2) is 8.21. The standard InChI is InChI=1S/C19H16F3N3O4/c1-12-13(10-28-15-3-5-16(6-4-15)29-11-18(26)27)9-25(24-12)17-7-2-14(8-23-17)19(20,21)22/h2-9H,10-11H2,1H3,(H,26,27). The van der Waals surface area contributed by atoms with Gasteiger partial charge in [-0.05, 0) is 43.3 Å². The van der Waals surface area contributed by atoms with Crippen molar-refractivity contribution >= 4 is 5.97 Å². The molecule has 0 saturated heterocycles. The molecule has 3 aromatic rings. The lowest BCUT2D eigenvalue weighted by Crippen LogP contribution is -2.09. The number of hydrogen-bond acceptors (Lipinski definition) is 5. The first-order chi connectivity index (χ1) is 13.7. The molecule has 3 rings (SSSR count). The summed E-state index contributed by atoms with van der Waals surface area (Å²) in [5.41, 5.74) is 0.551. The first-order valence-corrected chi connectivity index (χ1v) is 8.38. The third-order valence-corrected chi connectivity index (χ3v) is 3.89. The van der Waals surface area contributed by atoms with Gasteiger partial charge in [0.2, 0.25) is 0 Å². The highest BCUT2D eigenvalue weighted by atomic mass is 19.4. The molecule has 0 atom stereocenters. The molecule has 1 aromatic carbocycles. The summed E-state index contributed by atoms with van der Waals surface area (Å²) >= 11 is 0. The Labute approximate surface area is 163 Å². The Bertz CT molecular complexity index is 983. The summed E-state index contributed by atoms with van der Waals surface area (Å²) in [4.78, 5) is 14.3. The van der Waals surface area contributed by atoms with E-state index in [9.17, 15) is 18.0 Å². The van der Waals surface area contributed by atoms with Gasteiger partial charge in [0, 0.05) is 18.0 Å². The maximum absolute atomic E-state index is 12.6. The number of benzene rings is 1. The van der Waals surface area contributed by atoms with E-state index in [-0.39, 0.29) is 12.4 Å². The van der Waals surface area contributed by atoms with E-state index in [0.717, 1.165) is 17.8 Å². The molecule has 1 N–H and O–H groups in total. The van der Waals surface area contributed by atoms with Crippen molar-refractivity contribution in [1.29, 1.82) is 0 Å². The van der Waals surface area contributed by atoms with E-state index < -0.39 is 24.3 Å². The summed E-state index contributed by atoms with van der Waals surface area (Å²) in [6.45, 7) is 1.50. The number of pyridine rings is 1. The number of aromatic nitrogens is 3. The average Bonchev–Trinajstić information content (AvgIpc) is 3.05. The second-order valence-corrected chi connectivity index (χ2v) is 6.03. The minimum Gasteiger partial charge on any atom is -0.489 e. The van der Waals surface area contributed by atoms with Gasteiger partial charge in [0.05, 0.1) is 11.3 Å². The molecule has 10 heteroatoms. The molecule has 0 saturated carbocycles. The zero-order valence-electron chi connectivity index (χ0n) is 15.2. The van der Waals surface area contributed by atoms with E-state index in [1.807, 2.05) is 0 Å². The van der Waals surface area contributed by atoms with Crippen molar-refractivity contribution in [2.75, 3.05) is 6.61 Å². The minimum absolute atomic E-state index is 0.182. The summed E-state index contributed by atoms with van der Waals surface area (Å²) in [6.07, 6.45) is -2.05. The van der Waals surface area contributed by atoms with Gasteiger partial charge in [0.1, 0.15) is 18.1 Å². The van der Waals surface area contributed by atoms with Gasteiger partial charge in [-0.1, -0.05) is 0 Å². The Morgan fingerprint density at radius 2 is 1.76 bits per heavy atom. The summed E-state index contributed by atoms with van der Waals surface area (Å²) in [5, 5.41) is 12.8. The van der Waals surface area contributed by atoms with E-state index in [0.29, 0.717) is 17.2 Å². The van der Waals surface area contributed by atoms with Crippen LogP contribution in [0, 0.1) is 6.92 Å². The smallest absolute Gasteiger partial charge is 0.417 e. The third-order valence-electron chi connectivity index (χ3n) is 3.89. The van der Waals surface area contributed by atoms with Gasteiger partial charge in [-0.2, -0.15) is 18.3 Å². The van der Waals surface area contributed by atoms with Crippen LogP contribution in [0.25, 0.3) is 5.82 Å². The van der Waals surface area contributed by atoms with Crippen LogP contribution in [0.15, 0.2) is 48.8 Å². The normalized spacial score (nSPS) is 11.3. The van der Waals surface area contributed by atoms with Crippen LogP contribution in [0.4, 0.5) is 13.2 Å². The summed E-state index contributed by atoms with van der Waals surface area (Å²) in [5.74, 6) is 0.122. The Kier molecular flexibility index (Phi) is 5.71. The van der Waals surface area contributed by atoms with Gasteiger partial charge in [0.25, 0.3) is 0 Å². The summed E-state index contributed by atoms with van der Waals surface area (Å²) in [6, 6.07) is 8.63. The molecule has 0 aliphatic rings. The molecule has 152 valence electrons. The number of carbonyl (C=O) groups is 1. The third kappa shape index (κ3) is 5.24. The van der Waals surface area contributed by atoms with Gasteiger partial charge in [-0.25, -0.2) is 14.5 Å². The maximum atomic E-state index is 12.6. The number of aliphatic carboxylic acids is 1. The quantitative estimate of drug-likeness (QED) is 0.644. The molecule has 29 heavy (non-hydrogen) atoms. The molecule has 0 aliphatic heterocycles. The first kappa shape index (κ1) is 20.2. The molecule has 7 nitrogen and oxygen atoms in total. The Balaban J connectivity index is 1.64. The van der Waals surface area contributed by atoms with Crippen LogP contribution in [-0.4, -0.2) is 32.4 Å². The number of nitrogens with zero attached hydrogens (tertiary/aromatic N) is 3. The number of carboxylic acid groups (broad SMARTS) is 1. The first-order valence-electron chi connectivity index (χ1n) is 8.38. The fourth-order valence-electron chi connectivity index (χ4n) is 2.38. The van der Waals surface area contributed by atoms with Crippen LogP contribution >= 0.6 is 0 Å². The molecule has 0 unspecified atom stereocenters. The molecule has 0 spiro atoms.